The Morgan fingerprint density at radius 3 is 2.39 bits per heavy atom. The number of benzene rings is 1. The maximum atomic E-state index is 12.3. The maximum Gasteiger partial charge on any atom is 0.341 e. The van der Waals surface area contributed by atoms with Crippen molar-refractivity contribution < 1.29 is 19.1 Å². The quantitative estimate of drug-likeness (QED) is 0.381. The SMILES string of the molecule is CCOC(=O)c1c(NC(C)=O)sc(/C(C)=N/NC(=O)c2ccc(Br)cc2)c1C. The minimum atomic E-state index is -0.516. The number of esters is 1. The minimum Gasteiger partial charge on any atom is -0.462 e. The van der Waals surface area contributed by atoms with E-state index >= 15 is 0 Å². The normalized spacial score (nSPS) is 11.1. The van der Waals surface area contributed by atoms with Crippen LogP contribution in [0, 0.1) is 6.92 Å². The molecule has 0 bridgehead atoms. The lowest BCUT2D eigenvalue weighted by atomic mass is 10.1. The molecule has 2 amide bonds. The number of thiophene rings is 1. The number of nitrogens with one attached hydrogen (secondary N) is 2. The van der Waals surface area contributed by atoms with Gasteiger partial charge in [0.1, 0.15) is 5.00 Å². The molecular formula is C19H20BrN3O4S. The van der Waals surface area contributed by atoms with Gasteiger partial charge in [0.25, 0.3) is 5.91 Å². The Labute approximate surface area is 175 Å². The van der Waals surface area contributed by atoms with Crippen molar-refractivity contribution in [3.8, 4) is 0 Å². The maximum absolute atomic E-state index is 12.3. The van der Waals surface area contributed by atoms with Gasteiger partial charge in [-0.15, -0.1) is 11.3 Å². The molecule has 28 heavy (non-hydrogen) atoms. The summed E-state index contributed by atoms with van der Waals surface area (Å²) < 4.78 is 5.96. The number of hydrogen-bond donors (Lipinski definition) is 2. The second-order valence-corrected chi connectivity index (χ2v) is 7.74. The summed E-state index contributed by atoms with van der Waals surface area (Å²) >= 11 is 4.52. The van der Waals surface area contributed by atoms with Crippen molar-refractivity contribution in [2.45, 2.75) is 27.7 Å². The molecule has 0 fully saturated rings. The zero-order valence-electron chi connectivity index (χ0n) is 15.9. The second kappa shape index (κ2) is 9.61. The van der Waals surface area contributed by atoms with Crippen molar-refractivity contribution in [1.29, 1.82) is 0 Å². The van der Waals surface area contributed by atoms with E-state index in [2.05, 4.69) is 31.8 Å². The molecule has 0 spiro atoms. The molecule has 0 radical (unpaired) electrons. The lowest BCUT2D eigenvalue weighted by Crippen LogP contribution is -2.19. The van der Waals surface area contributed by atoms with Crippen molar-refractivity contribution >= 4 is 55.8 Å². The van der Waals surface area contributed by atoms with Gasteiger partial charge in [0, 0.05) is 17.0 Å². The molecule has 0 atom stereocenters. The van der Waals surface area contributed by atoms with E-state index in [1.54, 1.807) is 45.0 Å². The molecular weight excluding hydrogens is 446 g/mol. The van der Waals surface area contributed by atoms with Crippen LogP contribution in [-0.2, 0) is 9.53 Å². The lowest BCUT2D eigenvalue weighted by Gasteiger charge is -2.05. The second-order valence-electron chi connectivity index (χ2n) is 5.81. The highest BCUT2D eigenvalue weighted by Crippen LogP contribution is 2.34. The summed E-state index contributed by atoms with van der Waals surface area (Å²) in [4.78, 5) is 36.7. The highest BCUT2D eigenvalue weighted by Gasteiger charge is 2.24. The standard InChI is InChI=1S/C19H20BrN3O4S/c1-5-27-19(26)15-10(2)16(28-18(15)21-12(4)24)11(3)22-23-17(25)13-6-8-14(20)9-7-13/h6-9H,5H2,1-4H3,(H,21,24)(H,23,25)/b22-11+. The van der Waals surface area contributed by atoms with Gasteiger partial charge in [-0.2, -0.15) is 5.10 Å². The van der Waals surface area contributed by atoms with Gasteiger partial charge in [0.2, 0.25) is 5.91 Å². The smallest absolute Gasteiger partial charge is 0.341 e. The van der Waals surface area contributed by atoms with Gasteiger partial charge in [0.15, 0.2) is 0 Å². The van der Waals surface area contributed by atoms with Crippen molar-refractivity contribution in [3.05, 3.63) is 50.3 Å². The number of rotatable bonds is 6. The van der Waals surface area contributed by atoms with Gasteiger partial charge in [-0.05, 0) is 50.6 Å². The Kier molecular flexibility index (Phi) is 7.47. The highest BCUT2D eigenvalue weighted by atomic mass is 79.9. The molecule has 7 nitrogen and oxygen atoms in total. The molecule has 0 unspecified atom stereocenters. The summed E-state index contributed by atoms with van der Waals surface area (Å²) in [6.07, 6.45) is 0. The minimum absolute atomic E-state index is 0.222. The van der Waals surface area contributed by atoms with Crippen LogP contribution in [0.15, 0.2) is 33.8 Å². The molecule has 2 aromatic rings. The summed E-state index contributed by atoms with van der Waals surface area (Å²) in [5, 5.41) is 7.20. The topological polar surface area (TPSA) is 96.9 Å². The molecule has 0 aliphatic carbocycles. The average molecular weight is 466 g/mol. The van der Waals surface area contributed by atoms with Crippen molar-refractivity contribution in [1.82, 2.24) is 5.43 Å². The van der Waals surface area contributed by atoms with E-state index in [4.69, 9.17) is 4.74 Å². The molecule has 1 aromatic heterocycles. The van der Waals surface area contributed by atoms with Gasteiger partial charge in [-0.25, -0.2) is 10.2 Å². The summed E-state index contributed by atoms with van der Waals surface area (Å²) in [5.41, 5.74) is 4.41. The third-order valence-electron chi connectivity index (χ3n) is 3.68. The fourth-order valence-corrected chi connectivity index (χ4v) is 3.86. The van der Waals surface area contributed by atoms with Crippen LogP contribution < -0.4 is 10.7 Å². The third kappa shape index (κ3) is 5.26. The largest absolute Gasteiger partial charge is 0.462 e. The summed E-state index contributed by atoms with van der Waals surface area (Å²) in [6, 6.07) is 6.88. The molecule has 1 aromatic carbocycles. The van der Waals surface area contributed by atoms with E-state index in [-0.39, 0.29) is 18.4 Å². The van der Waals surface area contributed by atoms with Crippen LogP contribution in [0.2, 0.25) is 0 Å². The number of ether oxygens (including phenoxy) is 1. The number of nitrogens with zero attached hydrogens (tertiary/aromatic N) is 1. The molecule has 0 aliphatic heterocycles. The number of halogens is 1. The van der Waals surface area contributed by atoms with Gasteiger partial charge in [-0.1, -0.05) is 15.9 Å². The first kappa shape index (κ1) is 21.8. The number of carbonyl (C=O) groups is 3. The lowest BCUT2D eigenvalue weighted by molar-refractivity contribution is -0.114. The van der Waals surface area contributed by atoms with Crippen LogP contribution >= 0.6 is 27.3 Å². The van der Waals surface area contributed by atoms with Crippen molar-refractivity contribution in [2.75, 3.05) is 11.9 Å². The van der Waals surface area contributed by atoms with Gasteiger partial charge >= 0.3 is 5.97 Å². The van der Waals surface area contributed by atoms with Gasteiger partial charge < -0.3 is 10.1 Å². The molecule has 0 saturated heterocycles. The average Bonchev–Trinajstić information content (AvgIpc) is 2.95. The first-order chi connectivity index (χ1) is 13.2. The van der Waals surface area contributed by atoms with Gasteiger partial charge in [-0.3, -0.25) is 9.59 Å². The molecule has 9 heteroatoms. The van der Waals surface area contributed by atoms with Crippen LogP contribution in [0.3, 0.4) is 0 Å². The Hall–Kier alpha value is -2.52. The number of amides is 2. The Morgan fingerprint density at radius 2 is 1.82 bits per heavy atom. The Bertz CT molecular complexity index is 935. The monoisotopic (exact) mass is 465 g/mol. The Morgan fingerprint density at radius 1 is 1.18 bits per heavy atom. The van der Waals surface area contributed by atoms with E-state index in [1.807, 2.05) is 0 Å². The fraction of sp³-hybridized carbons (Fsp3) is 0.263. The third-order valence-corrected chi connectivity index (χ3v) is 5.52. The first-order valence-corrected chi connectivity index (χ1v) is 10.0. The number of anilines is 1. The van der Waals surface area contributed by atoms with Crippen LogP contribution in [-0.4, -0.2) is 30.1 Å². The van der Waals surface area contributed by atoms with E-state index < -0.39 is 5.97 Å². The molecule has 148 valence electrons. The molecule has 2 N–H and O–H groups in total. The number of hydrazone groups is 1. The fourth-order valence-electron chi connectivity index (χ4n) is 2.41. The first-order valence-electron chi connectivity index (χ1n) is 8.43. The van der Waals surface area contributed by atoms with E-state index in [1.165, 1.54) is 18.3 Å². The van der Waals surface area contributed by atoms with Crippen LogP contribution in [0.1, 0.15) is 51.9 Å². The number of carbonyl (C=O) groups excluding carboxylic acids is 3. The van der Waals surface area contributed by atoms with Crippen molar-refractivity contribution in [2.24, 2.45) is 5.10 Å². The summed E-state index contributed by atoms with van der Waals surface area (Å²) in [6.45, 7) is 6.76. The summed E-state index contributed by atoms with van der Waals surface area (Å²) in [5.74, 6) is -1.16. The van der Waals surface area contributed by atoms with Crippen molar-refractivity contribution in [3.63, 3.8) is 0 Å². The van der Waals surface area contributed by atoms with Crippen LogP contribution in [0.4, 0.5) is 5.00 Å². The predicted octanol–water partition coefficient (Wildman–Crippen LogP) is 4.11. The van der Waals surface area contributed by atoms with Gasteiger partial charge in [0.05, 0.1) is 22.8 Å². The zero-order valence-corrected chi connectivity index (χ0v) is 18.3. The predicted molar refractivity (Wildman–Crippen MR) is 113 cm³/mol. The summed E-state index contributed by atoms with van der Waals surface area (Å²) in [7, 11) is 0. The highest BCUT2D eigenvalue weighted by molar-refractivity contribution is 9.10. The molecule has 0 aliphatic rings. The molecule has 1 heterocycles. The molecule has 2 rings (SSSR count). The molecule has 0 saturated carbocycles. The van der Waals surface area contributed by atoms with Crippen LogP contribution in [0.25, 0.3) is 0 Å². The number of hydrogen-bond acceptors (Lipinski definition) is 6. The van der Waals surface area contributed by atoms with E-state index in [0.717, 1.165) is 4.47 Å². The van der Waals surface area contributed by atoms with E-state index in [9.17, 15) is 14.4 Å². The Balaban J connectivity index is 2.30. The van der Waals surface area contributed by atoms with Crippen LogP contribution in [0.5, 0.6) is 0 Å². The zero-order chi connectivity index (χ0) is 20.8. The van der Waals surface area contributed by atoms with E-state index in [0.29, 0.717) is 32.3 Å².